The fourth-order valence-electron chi connectivity index (χ4n) is 2.17. The molecule has 1 aliphatic carbocycles. The first kappa shape index (κ1) is 16.4. The highest BCUT2D eigenvalue weighted by Crippen LogP contribution is 2.40. The Labute approximate surface area is 141 Å². The number of hydrogen-bond acceptors (Lipinski definition) is 3. The number of methoxy groups -OCH3 is 1. The molecule has 0 heterocycles. The van der Waals surface area contributed by atoms with Gasteiger partial charge in [0.25, 0.3) is 5.91 Å². The lowest BCUT2D eigenvalue weighted by Crippen LogP contribution is -2.54. The number of carbonyl (C=O) groups excluding carboxylic acids is 1. The number of aliphatic carboxylic acids is 1. The van der Waals surface area contributed by atoms with E-state index in [2.05, 4.69) is 5.32 Å². The van der Waals surface area contributed by atoms with Crippen LogP contribution in [0.15, 0.2) is 12.1 Å². The van der Waals surface area contributed by atoms with E-state index in [1.807, 2.05) is 22.6 Å². The van der Waals surface area contributed by atoms with Gasteiger partial charge in [0.15, 0.2) is 0 Å². The van der Waals surface area contributed by atoms with E-state index in [1.165, 1.54) is 20.1 Å². The number of nitrogens with one attached hydrogen (secondary N) is 1. The molecule has 1 amide bonds. The highest BCUT2D eigenvalue weighted by Gasteiger charge is 2.48. The largest absolute Gasteiger partial charge is 0.496 e. The van der Waals surface area contributed by atoms with Crippen LogP contribution in [0.25, 0.3) is 0 Å². The van der Waals surface area contributed by atoms with Gasteiger partial charge in [-0.15, -0.1) is 0 Å². The zero-order valence-corrected chi connectivity index (χ0v) is 14.5. The van der Waals surface area contributed by atoms with Crippen molar-refractivity contribution in [3.8, 4) is 5.75 Å². The molecule has 1 fully saturated rings. The summed E-state index contributed by atoms with van der Waals surface area (Å²) >= 11 is 8.07. The number of hydrogen-bond donors (Lipinski definition) is 2. The Morgan fingerprint density at radius 3 is 2.57 bits per heavy atom. The highest BCUT2D eigenvalue weighted by molar-refractivity contribution is 14.1. The Kier molecular flexibility index (Phi) is 4.67. The van der Waals surface area contributed by atoms with Gasteiger partial charge in [0.1, 0.15) is 11.3 Å². The average molecular weight is 424 g/mol. The maximum Gasteiger partial charge on any atom is 0.329 e. The third-order valence-electron chi connectivity index (χ3n) is 3.70. The first-order valence-corrected chi connectivity index (χ1v) is 7.84. The quantitative estimate of drug-likeness (QED) is 0.714. The molecule has 1 saturated carbocycles. The summed E-state index contributed by atoms with van der Waals surface area (Å²) < 4.78 is 5.94. The number of carboxylic acid groups (broad SMARTS) is 1. The van der Waals surface area contributed by atoms with Crippen LogP contribution in [-0.2, 0) is 4.79 Å². The molecule has 5 nitrogen and oxygen atoms in total. The zero-order chi connectivity index (χ0) is 15.8. The second-order valence-electron chi connectivity index (χ2n) is 5.20. The van der Waals surface area contributed by atoms with Crippen molar-refractivity contribution in [2.24, 2.45) is 5.92 Å². The van der Waals surface area contributed by atoms with Crippen LogP contribution >= 0.6 is 34.2 Å². The SMILES string of the molecule is COc1cc(I)c(Cl)cc1C(=O)NC(C)(C(=O)O)C1CC1. The number of amides is 1. The molecule has 2 N–H and O–H groups in total. The van der Waals surface area contributed by atoms with E-state index in [0.29, 0.717) is 10.8 Å². The van der Waals surface area contributed by atoms with Gasteiger partial charge < -0.3 is 15.2 Å². The Morgan fingerprint density at radius 2 is 2.10 bits per heavy atom. The van der Waals surface area contributed by atoms with E-state index in [4.69, 9.17) is 16.3 Å². The van der Waals surface area contributed by atoms with Crippen molar-refractivity contribution in [2.45, 2.75) is 25.3 Å². The summed E-state index contributed by atoms with van der Waals surface area (Å²) in [5, 5.41) is 12.4. The number of halogens is 2. The number of carboxylic acids is 1. The molecular weight excluding hydrogens is 409 g/mol. The van der Waals surface area contributed by atoms with Crippen molar-refractivity contribution < 1.29 is 19.4 Å². The number of ether oxygens (including phenoxy) is 1. The van der Waals surface area contributed by atoms with Gasteiger partial charge in [-0.3, -0.25) is 4.79 Å². The molecule has 0 aliphatic heterocycles. The molecule has 0 bridgehead atoms. The Morgan fingerprint density at radius 1 is 1.48 bits per heavy atom. The van der Waals surface area contributed by atoms with E-state index in [-0.39, 0.29) is 11.5 Å². The molecule has 21 heavy (non-hydrogen) atoms. The van der Waals surface area contributed by atoms with Crippen molar-refractivity contribution in [3.63, 3.8) is 0 Å². The molecule has 2 rings (SSSR count). The van der Waals surface area contributed by atoms with E-state index in [0.717, 1.165) is 16.4 Å². The predicted molar refractivity (Wildman–Crippen MR) is 87.0 cm³/mol. The van der Waals surface area contributed by atoms with Crippen molar-refractivity contribution >= 4 is 46.1 Å². The van der Waals surface area contributed by atoms with Gasteiger partial charge in [-0.25, -0.2) is 4.79 Å². The zero-order valence-electron chi connectivity index (χ0n) is 11.6. The molecule has 7 heteroatoms. The minimum absolute atomic E-state index is 0.0377. The van der Waals surface area contributed by atoms with E-state index >= 15 is 0 Å². The lowest BCUT2D eigenvalue weighted by atomic mass is 9.95. The standard InChI is InChI=1S/C14H15ClINO4/c1-14(13(19)20,7-3-4-7)17-12(18)8-5-9(15)10(16)6-11(8)21-2/h5-7H,3-4H2,1-2H3,(H,17,18)(H,19,20). The number of benzene rings is 1. The summed E-state index contributed by atoms with van der Waals surface area (Å²) in [7, 11) is 1.45. The number of rotatable bonds is 5. The summed E-state index contributed by atoms with van der Waals surface area (Å²) in [6, 6.07) is 3.14. The predicted octanol–water partition coefficient (Wildman–Crippen LogP) is 2.94. The topological polar surface area (TPSA) is 75.6 Å². The molecule has 1 aromatic carbocycles. The number of carbonyl (C=O) groups is 2. The monoisotopic (exact) mass is 423 g/mol. The molecule has 0 spiro atoms. The summed E-state index contributed by atoms with van der Waals surface area (Å²) in [6.45, 7) is 1.53. The van der Waals surface area contributed by atoms with Crippen LogP contribution in [0.5, 0.6) is 5.75 Å². The second-order valence-corrected chi connectivity index (χ2v) is 6.77. The van der Waals surface area contributed by atoms with Crippen LogP contribution in [0.1, 0.15) is 30.1 Å². The Balaban J connectivity index is 2.32. The molecule has 0 saturated heterocycles. The normalized spacial score (nSPS) is 17.0. The molecule has 0 radical (unpaired) electrons. The molecule has 1 aromatic rings. The molecule has 1 aliphatic rings. The van der Waals surface area contributed by atoms with Crippen LogP contribution in [-0.4, -0.2) is 29.6 Å². The maximum atomic E-state index is 12.4. The first-order valence-electron chi connectivity index (χ1n) is 6.38. The second kappa shape index (κ2) is 6.00. The Hall–Kier alpha value is -1.02. The molecule has 1 unspecified atom stereocenters. The van der Waals surface area contributed by atoms with Crippen LogP contribution in [0.3, 0.4) is 0 Å². The van der Waals surface area contributed by atoms with E-state index < -0.39 is 17.4 Å². The lowest BCUT2D eigenvalue weighted by molar-refractivity contribution is -0.144. The van der Waals surface area contributed by atoms with Crippen molar-refractivity contribution in [1.29, 1.82) is 0 Å². The van der Waals surface area contributed by atoms with Crippen molar-refractivity contribution in [2.75, 3.05) is 7.11 Å². The minimum atomic E-state index is -1.27. The van der Waals surface area contributed by atoms with Crippen molar-refractivity contribution in [3.05, 3.63) is 26.3 Å². The van der Waals surface area contributed by atoms with Gasteiger partial charge in [-0.1, -0.05) is 11.6 Å². The lowest BCUT2D eigenvalue weighted by Gasteiger charge is -2.26. The van der Waals surface area contributed by atoms with Crippen LogP contribution in [0.2, 0.25) is 5.02 Å². The molecule has 1 atom stereocenters. The molecule has 114 valence electrons. The fourth-order valence-corrected chi connectivity index (χ4v) is 2.77. The minimum Gasteiger partial charge on any atom is -0.496 e. The van der Waals surface area contributed by atoms with Crippen LogP contribution in [0, 0.1) is 9.49 Å². The third kappa shape index (κ3) is 3.26. The smallest absolute Gasteiger partial charge is 0.329 e. The highest BCUT2D eigenvalue weighted by atomic mass is 127. The molecule has 0 aromatic heterocycles. The van der Waals surface area contributed by atoms with Crippen LogP contribution < -0.4 is 10.1 Å². The summed E-state index contributed by atoms with van der Waals surface area (Å²) in [4.78, 5) is 23.9. The van der Waals surface area contributed by atoms with Gasteiger partial charge in [-0.2, -0.15) is 0 Å². The summed E-state index contributed by atoms with van der Waals surface area (Å²) in [5.41, 5.74) is -1.03. The van der Waals surface area contributed by atoms with Crippen molar-refractivity contribution in [1.82, 2.24) is 5.32 Å². The van der Waals surface area contributed by atoms with Gasteiger partial charge in [-0.05, 0) is 60.4 Å². The summed E-state index contributed by atoms with van der Waals surface area (Å²) in [6.07, 6.45) is 1.60. The maximum absolute atomic E-state index is 12.4. The average Bonchev–Trinajstić information content (AvgIpc) is 3.25. The van der Waals surface area contributed by atoms with Gasteiger partial charge in [0, 0.05) is 3.57 Å². The first-order chi connectivity index (χ1) is 9.79. The summed E-state index contributed by atoms with van der Waals surface area (Å²) in [5.74, 6) is -1.20. The Bertz CT molecular complexity index is 603. The van der Waals surface area contributed by atoms with Gasteiger partial charge in [0.05, 0.1) is 17.7 Å². The van der Waals surface area contributed by atoms with E-state index in [9.17, 15) is 14.7 Å². The van der Waals surface area contributed by atoms with Gasteiger partial charge >= 0.3 is 5.97 Å². The third-order valence-corrected chi connectivity index (χ3v) is 5.22. The molecular formula is C14H15ClINO4. The fraction of sp³-hybridized carbons (Fsp3) is 0.429. The van der Waals surface area contributed by atoms with Gasteiger partial charge in [0.2, 0.25) is 0 Å². The van der Waals surface area contributed by atoms with E-state index in [1.54, 1.807) is 6.07 Å². The van der Waals surface area contributed by atoms with Crippen LogP contribution in [0.4, 0.5) is 0 Å².